The minimum absolute atomic E-state index is 0. The fourth-order valence-corrected chi connectivity index (χ4v) is 9.99. The molecule has 7 heteroatoms. The number of hydrogen-bond donors (Lipinski definition) is 1. The largest absolute Gasteiger partial charge is 1.00 e. The van der Waals surface area contributed by atoms with E-state index < -0.39 is 7.26 Å². The van der Waals surface area contributed by atoms with Crippen LogP contribution in [0.3, 0.4) is 0 Å². The third-order valence-electron chi connectivity index (χ3n) is 5.27. The molecule has 0 unspecified atom stereocenters. The molecule has 2 nitrogen and oxygen atoms in total. The van der Waals surface area contributed by atoms with Crippen molar-refractivity contribution < 1.29 is 17.2 Å². The summed E-state index contributed by atoms with van der Waals surface area (Å²) in [6.45, 7) is 1.52. The van der Waals surface area contributed by atoms with Gasteiger partial charge >= 0.3 is 0 Å². The Hall–Kier alpha value is -2.26. The van der Waals surface area contributed by atoms with Gasteiger partial charge in [-0.05, 0) is 60.7 Å². The Morgan fingerprint density at radius 3 is 1.49 bits per heavy atom. The number of nitrogens with one attached hydrogen (secondary N) is 1. The number of thioether (sulfide) groups is 1. The third kappa shape index (κ3) is 6.12. The highest BCUT2D eigenvalue weighted by Gasteiger charge is 2.52. The summed E-state index contributed by atoms with van der Waals surface area (Å²) in [6.07, 6.45) is 0. The van der Waals surface area contributed by atoms with Crippen LogP contribution in [0.4, 0.5) is 0 Å². The summed E-state index contributed by atoms with van der Waals surface area (Å²) >= 11 is 14.6. The van der Waals surface area contributed by atoms with Crippen molar-refractivity contribution in [2.45, 2.75) is 11.8 Å². The van der Waals surface area contributed by atoms with Crippen molar-refractivity contribution in [2.75, 3.05) is 0 Å². The van der Waals surface area contributed by atoms with E-state index in [2.05, 4.69) is 41.7 Å². The van der Waals surface area contributed by atoms with Crippen LogP contribution in [-0.2, 0) is 4.79 Å². The van der Waals surface area contributed by atoms with E-state index >= 15 is 0 Å². The molecule has 1 amide bonds. The minimum Gasteiger partial charge on any atom is -1.00 e. The van der Waals surface area contributed by atoms with Crippen LogP contribution in [0.25, 0.3) is 0 Å². The second kappa shape index (κ2) is 12.6. The molecule has 0 heterocycles. The molecule has 4 aromatic rings. The van der Waals surface area contributed by atoms with E-state index in [1.54, 1.807) is 0 Å². The monoisotopic (exact) mass is 557 g/mol. The molecular formula is C28H23Cl3NOPS. The average Bonchev–Trinajstić information content (AvgIpc) is 2.87. The molecule has 178 valence electrons. The van der Waals surface area contributed by atoms with Gasteiger partial charge in [0.1, 0.15) is 20.3 Å². The van der Waals surface area contributed by atoms with Gasteiger partial charge < -0.3 is 12.4 Å². The van der Waals surface area contributed by atoms with Crippen molar-refractivity contribution in [3.8, 4) is 0 Å². The lowest BCUT2D eigenvalue weighted by molar-refractivity contribution is -0.118. The second-order valence-corrected chi connectivity index (χ2v) is 13.0. The number of hydrogen-bond acceptors (Lipinski definition) is 2. The first kappa shape index (κ1) is 27.3. The highest BCUT2D eigenvalue weighted by atomic mass is 35.5. The number of carbonyl (C=O) groups is 1. The van der Waals surface area contributed by atoms with E-state index in [-0.39, 0.29) is 18.3 Å². The fraction of sp³-hybridized carbons (Fsp3) is 0.0357. The molecule has 4 aromatic carbocycles. The third-order valence-corrected chi connectivity index (χ3v) is 11.3. The Balaban J connectivity index is 0.00000342. The van der Waals surface area contributed by atoms with E-state index in [0.717, 1.165) is 20.8 Å². The molecule has 1 N–H and O–H groups in total. The van der Waals surface area contributed by atoms with Crippen LogP contribution in [0.15, 0.2) is 130 Å². The lowest BCUT2D eigenvalue weighted by Gasteiger charge is -2.29. The topological polar surface area (TPSA) is 29.1 Å². The summed E-state index contributed by atoms with van der Waals surface area (Å²) in [6, 6.07) is 38.4. The van der Waals surface area contributed by atoms with Crippen LogP contribution in [0.2, 0.25) is 5.02 Å². The molecule has 0 bridgehead atoms. The van der Waals surface area contributed by atoms with Crippen molar-refractivity contribution in [3.05, 3.63) is 130 Å². The van der Waals surface area contributed by atoms with Crippen LogP contribution < -0.4 is 33.6 Å². The van der Waals surface area contributed by atoms with Gasteiger partial charge in [-0.15, -0.1) is 0 Å². The van der Waals surface area contributed by atoms with Crippen molar-refractivity contribution in [1.82, 2.24) is 5.32 Å². The predicted molar refractivity (Wildman–Crippen MR) is 149 cm³/mol. The molecule has 0 aliphatic carbocycles. The first-order valence-corrected chi connectivity index (χ1v) is 14.0. The molecule has 0 atom stereocenters. The van der Waals surface area contributed by atoms with E-state index in [1.165, 1.54) is 18.7 Å². The first-order valence-electron chi connectivity index (χ1n) is 10.7. The summed E-state index contributed by atoms with van der Waals surface area (Å²) in [5, 5.41) is 7.13. The SMILES string of the molecule is CC(=O)N/C(=C(/Cl)Sc1ccc(Cl)cc1)[P+](c1ccccc1)(c1ccccc1)c1ccccc1.[Cl-]. The first-order chi connectivity index (χ1) is 16.5. The zero-order valence-corrected chi connectivity index (χ0v) is 22.8. The van der Waals surface area contributed by atoms with Gasteiger partial charge in [0, 0.05) is 16.8 Å². The Kier molecular flexibility index (Phi) is 9.86. The normalized spacial score (nSPS) is 11.7. The maximum Gasteiger partial charge on any atom is 0.223 e. The van der Waals surface area contributed by atoms with Crippen LogP contribution in [0, 0.1) is 0 Å². The zero-order valence-electron chi connectivity index (χ0n) is 18.9. The average molecular weight is 559 g/mol. The van der Waals surface area contributed by atoms with Gasteiger partial charge in [0.15, 0.2) is 7.26 Å². The van der Waals surface area contributed by atoms with Gasteiger partial charge in [0.2, 0.25) is 11.3 Å². The highest BCUT2D eigenvalue weighted by Crippen LogP contribution is 2.63. The van der Waals surface area contributed by atoms with E-state index in [1.807, 2.05) is 78.9 Å². The number of carbonyl (C=O) groups excluding carboxylic acids is 1. The van der Waals surface area contributed by atoms with E-state index in [0.29, 0.717) is 14.8 Å². The molecular weight excluding hydrogens is 536 g/mol. The summed E-state index contributed by atoms with van der Waals surface area (Å²) in [5.41, 5.74) is 0.713. The molecule has 0 spiro atoms. The number of halogens is 3. The number of rotatable bonds is 7. The second-order valence-electron chi connectivity index (χ2n) is 7.54. The summed E-state index contributed by atoms with van der Waals surface area (Å²) < 4.78 is 0.516. The zero-order chi connectivity index (χ0) is 24.0. The lowest BCUT2D eigenvalue weighted by Crippen LogP contribution is -3.00. The predicted octanol–water partition coefficient (Wildman–Crippen LogP) is 3.93. The van der Waals surface area contributed by atoms with Gasteiger partial charge in [0.25, 0.3) is 0 Å². The Morgan fingerprint density at radius 2 is 1.11 bits per heavy atom. The van der Waals surface area contributed by atoms with Crippen molar-refractivity contribution >= 4 is 64.0 Å². The standard InChI is InChI=1S/C28H22Cl2NOPS.ClH/c1-21(32)31-28(27(30)34-26-19-17-22(29)18-20-26)33(23-11-5-2-6-12-23,24-13-7-3-8-14-24)25-15-9-4-10-16-25;/h2-20H,1H3;1H/b28-27+;. The Bertz CT molecular complexity index is 1190. The van der Waals surface area contributed by atoms with Gasteiger partial charge in [0.05, 0.1) is 0 Å². The van der Waals surface area contributed by atoms with Gasteiger partial charge in [-0.1, -0.05) is 89.6 Å². The molecule has 0 saturated heterocycles. The molecule has 0 fully saturated rings. The Labute approximate surface area is 227 Å². The van der Waals surface area contributed by atoms with Crippen LogP contribution >= 0.6 is 42.2 Å². The molecule has 0 saturated carbocycles. The maximum atomic E-state index is 12.6. The summed E-state index contributed by atoms with van der Waals surface area (Å²) in [7, 11) is -2.55. The summed E-state index contributed by atoms with van der Waals surface area (Å²) in [5.74, 6) is -0.169. The van der Waals surface area contributed by atoms with Crippen molar-refractivity contribution in [2.24, 2.45) is 0 Å². The molecule has 0 aromatic heterocycles. The van der Waals surface area contributed by atoms with E-state index in [4.69, 9.17) is 23.2 Å². The quantitative estimate of drug-likeness (QED) is 0.275. The summed E-state index contributed by atoms with van der Waals surface area (Å²) in [4.78, 5) is 13.5. The molecule has 4 rings (SSSR count). The lowest BCUT2D eigenvalue weighted by atomic mass is 10.4. The molecule has 0 radical (unpaired) electrons. The maximum absolute atomic E-state index is 12.6. The van der Waals surface area contributed by atoms with Crippen LogP contribution in [0.5, 0.6) is 0 Å². The van der Waals surface area contributed by atoms with Crippen LogP contribution in [-0.4, -0.2) is 5.91 Å². The molecule has 0 aliphatic heterocycles. The van der Waals surface area contributed by atoms with Crippen LogP contribution in [0.1, 0.15) is 6.92 Å². The molecule has 0 aliphatic rings. The Morgan fingerprint density at radius 1 is 0.714 bits per heavy atom. The van der Waals surface area contributed by atoms with E-state index in [9.17, 15) is 4.79 Å². The van der Waals surface area contributed by atoms with Gasteiger partial charge in [-0.25, -0.2) is 0 Å². The minimum atomic E-state index is -2.55. The number of amides is 1. The smallest absolute Gasteiger partial charge is 0.223 e. The highest BCUT2D eigenvalue weighted by molar-refractivity contribution is 8.06. The fourth-order valence-electron chi connectivity index (χ4n) is 3.88. The van der Waals surface area contributed by atoms with Crippen molar-refractivity contribution in [1.29, 1.82) is 0 Å². The van der Waals surface area contributed by atoms with Gasteiger partial charge in [-0.3, -0.25) is 10.1 Å². The van der Waals surface area contributed by atoms with Crippen molar-refractivity contribution in [3.63, 3.8) is 0 Å². The molecule has 35 heavy (non-hydrogen) atoms. The van der Waals surface area contributed by atoms with Gasteiger partial charge in [-0.2, -0.15) is 0 Å². The number of benzene rings is 4.